The van der Waals surface area contributed by atoms with Crippen molar-refractivity contribution in [1.29, 1.82) is 0 Å². The molecule has 1 aromatic carbocycles. The molecule has 94 heavy (non-hydrogen) atoms. The van der Waals surface area contributed by atoms with E-state index in [0.717, 1.165) is 17.1 Å². The van der Waals surface area contributed by atoms with Crippen LogP contribution in [0.4, 0.5) is 4.79 Å². The average molecular weight is 1330 g/mol. The fourth-order valence-corrected chi connectivity index (χ4v) is 11.9. The molecule has 11 atom stereocenters. The van der Waals surface area contributed by atoms with E-state index in [4.69, 9.17) is 14.2 Å². The lowest BCUT2D eigenvalue weighted by atomic mass is 9.89. The lowest BCUT2D eigenvalue weighted by Crippen LogP contribution is -2.60. The number of carboxylic acid groups (broad SMARTS) is 2. The van der Waals surface area contributed by atoms with Crippen molar-refractivity contribution in [2.45, 2.75) is 213 Å². The summed E-state index contributed by atoms with van der Waals surface area (Å²) < 4.78 is 17.6. The monoisotopic (exact) mass is 1320 g/mol. The quantitative estimate of drug-likeness (QED) is 0.0361. The molecule has 1 fully saturated rings. The number of hydrogen-bond acceptors (Lipinski definition) is 16. The third-order valence-corrected chi connectivity index (χ3v) is 17.3. The van der Waals surface area contributed by atoms with E-state index >= 15 is 0 Å². The number of likely N-dealkylation sites (N-methyl/N-ethyl adjacent to an activating group) is 2. The number of nitrogens with one attached hydrogen (secondary N) is 5. The number of amides is 10. The van der Waals surface area contributed by atoms with Gasteiger partial charge in [-0.15, -0.1) is 0 Å². The molecular weight excluding hydrogens is 1220 g/mol. The molecule has 3 rings (SSSR count). The second-order valence-electron chi connectivity index (χ2n) is 26.5. The van der Waals surface area contributed by atoms with E-state index in [1.165, 1.54) is 19.1 Å². The Hall–Kier alpha value is -7.52. The molecule has 27 heteroatoms. The maximum Gasteiger partial charge on any atom is 0.410 e. The molecule has 10 amide bonds. The van der Waals surface area contributed by atoms with Crippen LogP contribution < -0.4 is 26.6 Å². The van der Waals surface area contributed by atoms with Gasteiger partial charge in [0.25, 0.3) is 11.8 Å². The zero-order chi connectivity index (χ0) is 70.7. The molecular formula is C67H108N10O17. The zero-order valence-corrected chi connectivity index (χ0v) is 58.0. The number of nitrogens with zero attached hydrogens (tertiary/aromatic N) is 5. The highest BCUT2D eigenvalue weighted by Crippen LogP contribution is 2.30. The van der Waals surface area contributed by atoms with Gasteiger partial charge in [-0.2, -0.15) is 0 Å². The normalized spacial score (nSPS) is 17.3. The number of imide groups is 1. The molecule has 528 valence electrons. The van der Waals surface area contributed by atoms with E-state index in [0.29, 0.717) is 57.3 Å². The molecule has 1 saturated heterocycles. The number of rotatable bonds is 41. The van der Waals surface area contributed by atoms with Crippen LogP contribution in [0.1, 0.15) is 152 Å². The maximum atomic E-state index is 14.8. The molecule has 2 aliphatic heterocycles. The largest absolute Gasteiger partial charge is 0.481 e. The van der Waals surface area contributed by atoms with E-state index in [1.54, 1.807) is 61.2 Å². The van der Waals surface area contributed by atoms with Crippen LogP contribution in [0.5, 0.6) is 0 Å². The summed E-state index contributed by atoms with van der Waals surface area (Å²) in [5.41, 5.74) is -0.00254. The zero-order valence-electron chi connectivity index (χ0n) is 58.0. The Balaban J connectivity index is 1.77. The third-order valence-electron chi connectivity index (χ3n) is 17.3. The fourth-order valence-electron chi connectivity index (χ4n) is 11.9. The summed E-state index contributed by atoms with van der Waals surface area (Å²) in [6.45, 7) is 20.0. The van der Waals surface area contributed by atoms with Crippen LogP contribution in [-0.4, -0.2) is 234 Å². The van der Waals surface area contributed by atoms with Crippen LogP contribution in [0.15, 0.2) is 42.5 Å². The number of carbonyl (C=O) groups excluding carboxylic acids is 10. The summed E-state index contributed by atoms with van der Waals surface area (Å²) in [5, 5.41) is 33.2. The summed E-state index contributed by atoms with van der Waals surface area (Å²) in [6, 6.07) is 1.49. The number of carbonyl (C=O) groups is 12. The molecule has 0 bridgehead atoms. The van der Waals surface area contributed by atoms with Gasteiger partial charge in [-0.25, -0.2) is 9.59 Å². The van der Waals surface area contributed by atoms with Crippen LogP contribution in [-0.2, 0) is 73.4 Å². The summed E-state index contributed by atoms with van der Waals surface area (Å²) in [4.78, 5) is 167. The first kappa shape index (κ1) is 80.7. The van der Waals surface area contributed by atoms with Crippen LogP contribution in [0, 0.1) is 23.7 Å². The molecule has 7 N–H and O–H groups in total. The number of likely N-dealkylation sites (tertiary alicyclic amines) is 1. The molecule has 0 spiro atoms. The van der Waals surface area contributed by atoms with Gasteiger partial charge in [-0.3, -0.25) is 57.7 Å². The van der Waals surface area contributed by atoms with Gasteiger partial charge in [-0.1, -0.05) is 85.2 Å². The van der Waals surface area contributed by atoms with Crippen LogP contribution in [0.2, 0.25) is 0 Å². The van der Waals surface area contributed by atoms with Crippen LogP contribution >= 0.6 is 0 Å². The Labute approximate surface area is 554 Å². The van der Waals surface area contributed by atoms with E-state index in [-0.39, 0.29) is 87.1 Å². The lowest BCUT2D eigenvalue weighted by molar-refractivity contribution is -0.148. The van der Waals surface area contributed by atoms with Gasteiger partial charge < -0.3 is 65.7 Å². The molecule has 0 radical (unpaired) electrons. The maximum absolute atomic E-state index is 14.8. The van der Waals surface area contributed by atoms with Crippen molar-refractivity contribution in [2.75, 3.05) is 68.1 Å². The van der Waals surface area contributed by atoms with Crippen molar-refractivity contribution in [3.63, 3.8) is 0 Å². The Kier molecular flexibility index (Phi) is 33.8. The second kappa shape index (κ2) is 39.4. The van der Waals surface area contributed by atoms with Gasteiger partial charge in [0.15, 0.2) is 0 Å². The van der Waals surface area contributed by atoms with Gasteiger partial charge >= 0.3 is 18.0 Å². The topological polar surface area (TPSA) is 349 Å². The first-order valence-corrected chi connectivity index (χ1v) is 32.9. The first-order valence-electron chi connectivity index (χ1n) is 32.9. The number of carboxylic acids is 2. The molecule has 27 nitrogen and oxygen atoms in total. The minimum atomic E-state index is -1.57. The molecule has 0 saturated carbocycles. The average Bonchev–Trinajstić information content (AvgIpc) is 1.21. The summed E-state index contributed by atoms with van der Waals surface area (Å²) in [5.74, 6) is -9.29. The number of ether oxygens (including phenoxy) is 3. The van der Waals surface area contributed by atoms with Crippen molar-refractivity contribution in [1.82, 2.24) is 51.1 Å². The third kappa shape index (κ3) is 25.7. The van der Waals surface area contributed by atoms with Crippen molar-refractivity contribution in [3.8, 4) is 0 Å². The molecule has 2 heterocycles. The Morgan fingerprint density at radius 1 is 0.713 bits per heavy atom. The SMILES string of the molecule is CC[C@H](C)[C@@H]([C@@H](CC(=O)N1CCC[C@H]1[C@H](OC)[C@@H](C)C(=O)N[C@@H](Cc1ccccc1)C(=O)N[C@@H](CCC(=O)O)C(=O)N[C@@H](CCCCNC(=O)CCN1C(=O)C=CC1=O)C(=O)O)OC)N(C)C(=O)[C@@H](NC(=O)[C@H](C(C)C)N(C)CCCCN(C)C(=O)OC(C)(C)C)C(C)C. The highest BCUT2D eigenvalue weighted by atomic mass is 16.6. The molecule has 2 aliphatic rings. The van der Waals surface area contributed by atoms with E-state index in [9.17, 15) is 67.7 Å². The van der Waals surface area contributed by atoms with Gasteiger partial charge in [0.05, 0.1) is 42.7 Å². The standard InChI is InChI=1S/C67H108N10O17/c1-16-43(6)58(75(13)64(88)56(41(2)3)72-63(87)57(42(4)5)73(11)35-22-23-36-74(12)66(91)94-67(8,9)10)50(92-14)40-54(81)76-37-24-28-49(76)59(93-15)44(7)60(84)71-48(39-45-25-18-17-19-26-45)62(86)69-46(29-32-55(82)83)61(85)70-47(65(89)90)27-20-21-34-68-51(78)33-38-77-52(79)30-31-53(77)80/h17-19,25-26,30-31,41-44,46-50,56-59H,16,20-24,27-29,32-40H2,1-15H3,(H,68,78)(H,69,86)(H,70,85)(H,71,84)(H,72,87)(H,82,83)(H,89,90)/t43-,44+,46-,47-,48-,49-,50+,56-,57-,58-,59+/m0/s1. The predicted octanol–water partition coefficient (Wildman–Crippen LogP) is 3.90. The smallest absolute Gasteiger partial charge is 0.410 e. The van der Waals surface area contributed by atoms with Crippen molar-refractivity contribution >= 4 is 71.2 Å². The number of benzene rings is 1. The van der Waals surface area contributed by atoms with E-state index in [1.807, 2.05) is 74.3 Å². The van der Waals surface area contributed by atoms with Gasteiger partial charge in [0.1, 0.15) is 29.8 Å². The number of hydrogen-bond donors (Lipinski definition) is 7. The Morgan fingerprint density at radius 2 is 1.32 bits per heavy atom. The highest BCUT2D eigenvalue weighted by molar-refractivity contribution is 6.13. The van der Waals surface area contributed by atoms with Gasteiger partial charge in [0, 0.05) is 85.9 Å². The predicted molar refractivity (Wildman–Crippen MR) is 350 cm³/mol. The van der Waals surface area contributed by atoms with Crippen LogP contribution in [0.25, 0.3) is 0 Å². The fraction of sp³-hybridized carbons (Fsp3) is 0.701. The molecule has 1 aromatic rings. The molecule has 0 unspecified atom stereocenters. The minimum absolute atomic E-state index is 0.0871. The van der Waals surface area contributed by atoms with Crippen LogP contribution in [0.3, 0.4) is 0 Å². The first-order chi connectivity index (χ1) is 44.2. The Bertz CT molecular complexity index is 2720. The highest BCUT2D eigenvalue weighted by Gasteiger charge is 2.44. The Morgan fingerprint density at radius 3 is 1.88 bits per heavy atom. The number of unbranched alkanes of at least 4 members (excludes halogenated alkanes) is 2. The summed E-state index contributed by atoms with van der Waals surface area (Å²) in [7, 11) is 8.12. The van der Waals surface area contributed by atoms with E-state index in [2.05, 4.69) is 26.6 Å². The van der Waals surface area contributed by atoms with Crippen molar-refractivity contribution < 1.29 is 82.0 Å². The van der Waals surface area contributed by atoms with Crippen molar-refractivity contribution in [3.05, 3.63) is 48.0 Å². The van der Waals surface area contributed by atoms with Crippen molar-refractivity contribution in [2.24, 2.45) is 23.7 Å². The van der Waals surface area contributed by atoms with Gasteiger partial charge in [0.2, 0.25) is 41.4 Å². The summed E-state index contributed by atoms with van der Waals surface area (Å²) >= 11 is 0. The van der Waals surface area contributed by atoms with Gasteiger partial charge in [-0.05, 0) is 109 Å². The number of methoxy groups -OCH3 is 2. The summed E-state index contributed by atoms with van der Waals surface area (Å²) in [6.07, 6.45) is 2.04. The minimum Gasteiger partial charge on any atom is -0.481 e. The number of aliphatic carboxylic acids is 2. The molecule has 0 aromatic heterocycles. The lowest BCUT2D eigenvalue weighted by Gasteiger charge is -2.41. The molecule has 0 aliphatic carbocycles. The van der Waals surface area contributed by atoms with E-state index < -0.39 is 132 Å². The second-order valence-corrected chi connectivity index (χ2v) is 26.5.